The SMILES string of the molecule is C1=CC2=C(CC1)NC(c1cccc(-n3c4ccccc4c4cc5c(cc43)C=Cc3ccccc3N5c3ccccc3)c1)O2. The van der Waals surface area contributed by atoms with Crippen LogP contribution in [0, 0.1) is 0 Å². The maximum atomic E-state index is 6.33. The van der Waals surface area contributed by atoms with Gasteiger partial charge in [0.1, 0.15) is 5.76 Å². The number of hydrogen-bond donors (Lipinski definition) is 1. The quantitative estimate of drug-likeness (QED) is 0.235. The highest BCUT2D eigenvalue weighted by Crippen LogP contribution is 2.45. The van der Waals surface area contributed by atoms with Crippen LogP contribution in [0.1, 0.15) is 35.8 Å². The monoisotopic (exact) mass is 555 g/mol. The van der Waals surface area contributed by atoms with Gasteiger partial charge in [-0.25, -0.2) is 0 Å². The van der Waals surface area contributed by atoms with Crippen molar-refractivity contribution < 1.29 is 4.74 Å². The molecule has 3 aliphatic rings. The van der Waals surface area contributed by atoms with Crippen molar-refractivity contribution in [2.45, 2.75) is 19.1 Å². The largest absolute Gasteiger partial charge is 0.465 e. The van der Waals surface area contributed by atoms with Crippen molar-refractivity contribution in [3.8, 4) is 5.69 Å². The van der Waals surface area contributed by atoms with Crippen molar-refractivity contribution in [1.82, 2.24) is 9.88 Å². The molecule has 1 atom stereocenters. The lowest BCUT2D eigenvalue weighted by atomic mass is 10.1. The lowest BCUT2D eigenvalue weighted by molar-refractivity contribution is 0.137. The molecule has 43 heavy (non-hydrogen) atoms. The molecule has 5 aromatic carbocycles. The Labute approximate surface area is 250 Å². The van der Waals surface area contributed by atoms with E-state index in [0.29, 0.717) is 0 Å². The van der Waals surface area contributed by atoms with Gasteiger partial charge in [-0.2, -0.15) is 0 Å². The second-order valence-electron chi connectivity index (χ2n) is 11.4. The van der Waals surface area contributed by atoms with Crippen LogP contribution in [0.15, 0.2) is 139 Å². The van der Waals surface area contributed by atoms with Crippen molar-refractivity contribution in [3.05, 3.63) is 156 Å². The lowest BCUT2D eigenvalue weighted by Gasteiger charge is -2.27. The number of nitrogens with one attached hydrogen (secondary N) is 1. The number of hydrogen-bond acceptors (Lipinski definition) is 3. The molecule has 1 aliphatic carbocycles. The summed E-state index contributed by atoms with van der Waals surface area (Å²) >= 11 is 0. The van der Waals surface area contributed by atoms with Gasteiger partial charge < -0.3 is 19.5 Å². The molecule has 1 aromatic heterocycles. The molecule has 3 heterocycles. The van der Waals surface area contributed by atoms with Crippen LogP contribution < -0.4 is 10.2 Å². The number of aromatic nitrogens is 1. The minimum absolute atomic E-state index is 0.182. The van der Waals surface area contributed by atoms with E-state index in [4.69, 9.17) is 4.74 Å². The van der Waals surface area contributed by atoms with E-state index < -0.39 is 0 Å². The Morgan fingerprint density at radius 1 is 0.628 bits per heavy atom. The summed E-state index contributed by atoms with van der Waals surface area (Å²) in [5.74, 6) is 0.969. The zero-order chi connectivity index (χ0) is 28.3. The Balaban J connectivity index is 1.24. The molecule has 6 aromatic rings. The smallest absolute Gasteiger partial charge is 0.196 e. The Morgan fingerprint density at radius 2 is 1.44 bits per heavy atom. The van der Waals surface area contributed by atoms with Crippen LogP contribution in [0.3, 0.4) is 0 Å². The van der Waals surface area contributed by atoms with E-state index >= 15 is 0 Å². The number of allylic oxidation sites excluding steroid dienone is 3. The summed E-state index contributed by atoms with van der Waals surface area (Å²) in [6, 6.07) is 41.5. The normalized spacial score (nSPS) is 16.9. The van der Waals surface area contributed by atoms with Gasteiger partial charge in [-0.3, -0.25) is 0 Å². The Morgan fingerprint density at radius 3 is 2.37 bits per heavy atom. The predicted molar refractivity (Wildman–Crippen MR) is 177 cm³/mol. The maximum absolute atomic E-state index is 6.33. The molecule has 0 spiro atoms. The predicted octanol–water partition coefficient (Wildman–Crippen LogP) is 9.92. The van der Waals surface area contributed by atoms with E-state index in [1.165, 1.54) is 50.0 Å². The highest BCUT2D eigenvalue weighted by molar-refractivity contribution is 6.12. The van der Waals surface area contributed by atoms with Crippen LogP contribution in [0.25, 0.3) is 39.6 Å². The van der Waals surface area contributed by atoms with E-state index in [1.54, 1.807) is 0 Å². The first-order valence-corrected chi connectivity index (χ1v) is 14.9. The van der Waals surface area contributed by atoms with Gasteiger partial charge in [0.15, 0.2) is 6.23 Å². The van der Waals surface area contributed by atoms with Crippen LogP contribution in [0.4, 0.5) is 17.1 Å². The second kappa shape index (κ2) is 9.53. The van der Waals surface area contributed by atoms with Gasteiger partial charge in [0.2, 0.25) is 0 Å². The Hall–Kier alpha value is -5.48. The zero-order valence-electron chi connectivity index (χ0n) is 23.6. The van der Waals surface area contributed by atoms with Gasteiger partial charge in [0.05, 0.1) is 28.1 Å². The fourth-order valence-electron chi connectivity index (χ4n) is 6.81. The average molecular weight is 556 g/mol. The summed E-state index contributed by atoms with van der Waals surface area (Å²) in [4.78, 5) is 2.39. The molecule has 2 aliphatic heterocycles. The average Bonchev–Trinajstić information content (AvgIpc) is 3.59. The fraction of sp³-hybridized carbons (Fsp3) is 0.0769. The maximum Gasteiger partial charge on any atom is 0.196 e. The van der Waals surface area contributed by atoms with Crippen molar-refractivity contribution >= 4 is 51.0 Å². The third-order valence-corrected chi connectivity index (χ3v) is 8.81. The van der Waals surface area contributed by atoms with Gasteiger partial charge >= 0.3 is 0 Å². The molecule has 0 fully saturated rings. The first-order valence-electron chi connectivity index (χ1n) is 14.9. The minimum Gasteiger partial charge on any atom is -0.465 e. The number of anilines is 3. The van der Waals surface area contributed by atoms with Crippen LogP contribution in [-0.2, 0) is 4.74 Å². The third-order valence-electron chi connectivity index (χ3n) is 8.81. The number of ether oxygens (including phenoxy) is 1. The zero-order valence-corrected chi connectivity index (χ0v) is 23.6. The molecule has 1 unspecified atom stereocenters. The molecule has 206 valence electrons. The molecule has 0 radical (unpaired) electrons. The molecule has 1 N–H and O–H groups in total. The first kappa shape index (κ1) is 24.2. The Bertz CT molecular complexity index is 2150. The van der Waals surface area contributed by atoms with Gasteiger partial charge in [0.25, 0.3) is 0 Å². The van der Waals surface area contributed by atoms with Crippen molar-refractivity contribution in [2.75, 3.05) is 4.90 Å². The van der Waals surface area contributed by atoms with E-state index in [2.05, 4.69) is 154 Å². The molecule has 9 rings (SSSR count). The standard InChI is InChI=1S/C39H29N3O/c1-2-13-29(14-3-1)41-34-18-7-4-11-26(34)21-22-27-24-37-32(25-36(27)41)31-16-5-8-19-35(31)42(37)30-15-10-12-28(23-30)39-40-33-17-6-9-20-38(33)43-39/h1-5,7-16,18-25,39-40H,6,17H2. The van der Waals surface area contributed by atoms with Crippen LogP contribution in [0.2, 0.25) is 0 Å². The molecule has 0 saturated carbocycles. The van der Waals surface area contributed by atoms with E-state index in [-0.39, 0.29) is 6.23 Å². The van der Waals surface area contributed by atoms with Crippen molar-refractivity contribution in [1.29, 1.82) is 0 Å². The molecular formula is C39H29N3O. The van der Waals surface area contributed by atoms with Crippen molar-refractivity contribution in [3.63, 3.8) is 0 Å². The lowest BCUT2D eigenvalue weighted by Crippen LogP contribution is -2.15. The fourth-order valence-corrected chi connectivity index (χ4v) is 6.81. The summed E-state index contributed by atoms with van der Waals surface area (Å²) in [6.07, 6.45) is 10.6. The summed E-state index contributed by atoms with van der Waals surface area (Å²) in [7, 11) is 0. The highest BCUT2D eigenvalue weighted by atomic mass is 16.5. The summed E-state index contributed by atoms with van der Waals surface area (Å²) in [6.45, 7) is 0. The molecule has 4 heteroatoms. The van der Waals surface area contributed by atoms with E-state index in [9.17, 15) is 0 Å². The molecular weight excluding hydrogens is 526 g/mol. The third kappa shape index (κ3) is 3.84. The van der Waals surface area contributed by atoms with Crippen LogP contribution in [-0.4, -0.2) is 4.57 Å². The molecule has 0 saturated heterocycles. The first-order chi connectivity index (χ1) is 21.3. The van der Waals surface area contributed by atoms with Gasteiger partial charge in [-0.1, -0.05) is 85.0 Å². The van der Waals surface area contributed by atoms with E-state index in [0.717, 1.165) is 35.5 Å². The summed E-state index contributed by atoms with van der Waals surface area (Å²) in [5, 5.41) is 6.08. The number of fused-ring (bicyclic) bond motifs is 5. The highest BCUT2D eigenvalue weighted by Gasteiger charge is 2.27. The minimum atomic E-state index is -0.182. The van der Waals surface area contributed by atoms with Gasteiger partial charge in [-0.15, -0.1) is 0 Å². The second-order valence-corrected chi connectivity index (χ2v) is 11.4. The summed E-state index contributed by atoms with van der Waals surface area (Å²) < 4.78 is 8.73. The summed E-state index contributed by atoms with van der Waals surface area (Å²) in [5.41, 5.74) is 11.7. The molecule has 0 amide bonds. The number of para-hydroxylation sites is 3. The van der Waals surface area contributed by atoms with Crippen molar-refractivity contribution in [2.24, 2.45) is 0 Å². The Kier molecular flexibility index (Phi) is 5.35. The van der Waals surface area contributed by atoms with Gasteiger partial charge in [0, 0.05) is 33.3 Å². The van der Waals surface area contributed by atoms with Gasteiger partial charge in [-0.05, 0) is 73.0 Å². The molecule has 4 nitrogen and oxygen atoms in total. The van der Waals surface area contributed by atoms with E-state index in [1.807, 2.05) is 0 Å². The number of nitrogens with zero attached hydrogens (tertiary/aromatic N) is 2. The molecule has 0 bridgehead atoms. The van der Waals surface area contributed by atoms with Crippen LogP contribution >= 0.6 is 0 Å². The van der Waals surface area contributed by atoms with Crippen LogP contribution in [0.5, 0.6) is 0 Å². The topological polar surface area (TPSA) is 29.4 Å². The number of rotatable bonds is 3. The number of benzene rings is 5.